The van der Waals surface area contributed by atoms with Crippen molar-refractivity contribution in [2.75, 3.05) is 11.9 Å². The van der Waals surface area contributed by atoms with Crippen molar-refractivity contribution in [3.05, 3.63) is 29.0 Å². The van der Waals surface area contributed by atoms with Crippen LogP contribution in [0.3, 0.4) is 0 Å². The Morgan fingerprint density at radius 3 is 2.93 bits per heavy atom. The van der Waals surface area contributed by atoms with E-state index in [1.807, 2.05) is 0 Å². The zero-order valence-electron chi connectivity index (χ0n) is 7.51. The van der Waals surface area contributed by atoms with E-state index < -0.39 is 11.9 Å². The molecular weight excluding hydrogens is 209 g/mol. The second-order valence-corrected chi connectivity index (χ2v) is 2.88. The highest BCUT2D eigenvalue weighted by molar-refractivity contribution is 6.31. The highest BCUT2D eigenvalue weighted by atomic mass is 35.5. The van der Waals surface area contributed by atoms with Gasteiger partial charge in [0, 0.05) is 5.69 Å². The molecule has 3 nitrogen and oxygen atoms in total. The van der Waals surface area contributed by atoms with Gasteiger partial charge >= 0.3 is 6.09 Å². The van der Waals surface area contributed by atoms with Crippen molar-refractivity contribution in [3.63, 3.8) is 0 Å². The van der Waals surface area contributed by atoms with E-state index in [9.17, 15) is 9.18 Å². The summed E-state index contributed by atoms with van der Waals surface area (Å²) in [4.78, 5) is 10.9. The van der Waals surface area contributed by atoms with Crippen LogP contribution in [0.2, 0.25) is 5.02 Å². The lowest BCUT2D eigenvalue weighted by atomic mass is 10.3. The molecule has 0 atom stereocenters. The average molecular weight is 218 g/mol. The van der Waals surface area contributed by atoms with Crippen LogP contribution in [0.1, 0.15) is 6.92 Å². The van der Waals surface area contributed by atoms with E-state index in [2.05, 4.69) is 10.1 Å². The molecule has 0 aromatic heterocycles. The van der Waals surface area contributed by atoms with E-state index in [1.54, 1.807) is 6.92 Å². The normalized spacial score (nSPS) is 9.64. The van der Waals surface area contributed by atoms with Crippen molar-refractivity contribution in [2.24, 2.45) is 0 Å². The van der Waals surface area contributed by atoms with Crippen molar-refractivity contribution >= 4 is 23.4 Å². The molecule has 1 N–H and O–H groups in total. The zero-order chi connectivity index (χ0) is 10.6. The number of carbonyl (C=O) groups is 1. The van der Waals surface area contributed by atoms with Gasteiger partial charge in [-0.3, -0.25) is 5.32 Å². The fourth-order valence-corrected chi connectivity index (χ4v) is 1.04. The molecule has 1 aromatic carbocycles. The van der Waals surface area contributed by atoms with Crippen LogP contribution in [0.15, 0.2) is 18.2 Å². The number of ether oxygens (including phenoxy) is 1. The Kier molecular flexibility index (Phi) is 3.71. The van der Waals surface area contributed by atoms with Gasteiger partial charge in [0.2, 0.25) is 0 Å². The fourth-order valence-electron chi connectivity index (χ4n) is 0.859. The van der Waals surface area contributed by atoms with E-state index in [-0.39, 0.29) is 11.6 Å². The highest BCUT2D eigenvalue weighted by Gasteiger charge is 2.04. The second kappa shape index (κ2) is 4.81. The van der Waals surface area contributed by atoms with Crippen LogP contribution < -0.4 is 5.32 Å². The van der Waals surface area contributed by atoms with Crippen molar-refractivity contribution in [1.29, 1.82) is 0 Å². The summed E-state index contributed by atoms with van der Waals surface area (Å²) in [5.41, 5.74) is 0.398. The van der Waals surface area contributed by atoms with Gasteiger partial charge in [-0.25, -0.2) is 9.18 Å². The van der Waals surface area contributed by atoms with Gasteiger partial charge in [-0.1, -0.05) is 11.6 Å². The Morgan fingerprint density at radius 2 is 2.36 bits per heavy atom. The van der Waals surface area contributed by atoms with Gasteiger partial charge in [0.15, 0.2) is 0 Å². The lowest BCUT2D eigenvalue weighted by Gasteiger charge is -2.05. The number of nitrogens with one attached hydrogen (secondary N) is 1. The molecule has 1 aromatic rings. The molecule has 76 valence electrons. The monoisotopic (exact) mass is 217 g/mol. The molecule has 0 aliphatic heterocycles. The number of carbonyl (C=O) groups excluding carboxylic acids is 1. The summed E-state index contributed by atoms with van der Waals surface area (Å²) in [6.45, 7) is 1.97. The summed E-state index contributed by atoms with van der Waals surface area (Å²) in [6.07, 6.45) is -0.588. The Morgan fingerprint density at radius 1 is 1.64 bits per heavy atom. The van der Waals surface area contributed by atoms with Gasteiger partial charge in [0.1, 0.15) is 5.82 Å². The predicted octanol–water partition coefficient (Wildman–Crippen LogP) is 3.05. The minimum atomic E-state index is -0.588. The van der Waals surface area contributed by atoms with Gasteiger partial charge in [-0.15, -0.1) is 0 Å². The summed E-state index contributed by atoms with van der Waals surface area (Å²) < 4.78 is 17.3. The van der Waals surface area contributed by atoms with Crippen molar-refractivity contribution in [3.8, 4) is 0 Å². The molecule has 0 heterocycles. The first-order chi connectivity index (χ1) is 6.63. The SMILES string of the molecule is CCOC(=O)Nc1ccc(F)c(Cl)c1. The lowest BCUT2D eigenvalue weighted by molar-refractivity contribution is 0.168. The molecule has 0 aliphatic rings. The molecule has 0 fully saturated rings. The Labute approximate surface area is 85.8 Å². The van der Waals surface area contributed by atoms with E-state index >= 15 is 0 Å². The van der Waals surface area contributed by atoms with Crippen LogP contribution in [0.4, 0.5) is 14.9 Å². The molecule has 0 bridgehead atoms. The number of hydrogen-bond donors (Lipinski definition) is 1. The maximum Gasteiger partial charge on any atom is 0.411 e. The fraction of sp³-hybridized carbons (Fsp3) is 0.222. The van der Waals surface area contributed by atoms with Crippen LogP contribution in [-0.4, -0.2) is 12.7 Å². The molecule has 14 heavy (non-hydrogen) atoms. The average Bonchev–Trinajstić information content (AvgIpc) is 2.12. The van der Waals surface area contributed by atoms with Crippen molar-refractivity contribution < 1.29 is 13.9 Å². The van der Waals surface area contributed by atoms with Crippen LogP contribution in [-0.2, 0) is 4.74 Å². The molecule has 0 aliphatic carbocycles. The summed E-state index contributed by atoms with van der Waals surface area (Å²) in [7, 11) is 0. The first-order valence-electron chi connectivity index (χ1n) is 4.02. The predicted molar refractivity (Wildman–Crippen MR) is 52.1 cm³/mol. The van der Waals surface area contributed by atoms with E-state index in [0.29, 0.717) is 5.69 Å². The highest BCUT2D eigenvalue weighted by Crippen LogP contribution is 2.19. The molecule has 0 unspecified atom stereocenters. The Bertz CT molecular complexity index is 344. The summed E-state index contributed by atoms with van der Waals surface area (Å²) in [6, 6.07) is 3.88. The summed E-state index contributed by atoms with van der Waals surface area (Å²) >= 11 is 5.51. The molecule has 5 heteroatoms. The zero-order valence-corrected chi connectivity index (χ0v) is 8.27. The molecule has 1 amide bonds. The third-order valence-corrected chi connectivity index (χ3v) is 1.73. The molecule has 0 saturated carbocycles. The minimum Gasteiger partial charge on any atom is -0.450 e. The smallest absolute Gasteiger partial charge is 0.411 e. The summed E-state index contributed by atoms with van der Waals surface area (Å²) in [5, 5.41) is 2.36. The first-order valence-corrected chi connectivity index (χ1v) is 4.40. The number of benzene rings is 1. The van der Waals surface area contributed by atoms with Gasteiger partial charge in [-0.2, -0.15) is 0 Å². The Hall–Kier alpha value is -1.29. The van der Waals surface area contributed by atoms with Gasteiger partial charge in [-0.05, 0) is 25.1 Å². The number of hydrogen-bond acceptors (Lipinski definition) is 2. The first kappa shape index (κ1) is 10.8. The van der Waals surface area contributed by atoms with Crippen LogP contribution in [0, 0.1) is 5.82 Å². The maximum absolute atomic E-state index is 12.7. The maximum atomic E-state index is 12.7. The Balaban J connectivity index is 2.68. The van der Waals surface area contributed by atoms with Crippen molar-refractivity contribution in [1.82, 2.24) is 0 Å². The standard InChI is InChI=1S/C9H9ClFNO2/c1-2-14-9(13)12-6-3-4-8(11)7(10)5-6/h3-5H,2H2,1H3,(H,12,13). The number of rotatable bonds is 2. The van der Waals surface area contributed by atoms with Crippen LogP contribution in [0.25, 0.3) is 0 Å². The van der Waals surface area contributed by atoms with Crippen LogP contribution in [0.5, 0.6) is 0 Å². The van der Waals surface area contributed by atoms with Gasteiger partial charge in [0.25, 0.3) is 0 Å². The topological polar surface area (TPSA) is 38.3 Å². The van der Waals surface area contributed by atoms with Gasteiger partial charge < -0.3 is 4.74 Å². The lowest BCUT2D eigenvalue weighted by Crippen LogP contribution is -2.13. The minimum absolute atomic E-state index is 0.0423. The van der Waals surface area contributed by atoms with Crippen molar-refractivity contribution in [2.45, 2.75) is 6.92 Å². The van der Waals surface area contributed by atoms with Crippen LogP contribution >= 0.6 is 11.6 Å². The molecule has 0 radical (unpaired) electrons. The molecular formula is C9H9ClFNO2. The quantitative estimate of drug-likeness (QED) is 0.827. The number of amides is 1. The van der Waals surface area contributed by atoms with Gasteiger partial charge in [0.05, 0.1) is 11.6 Å². The number of halogens is 2. The molecule has 1 rings (SSSR count). The largest absolute Gasteiger partial charge is 0.450 e. The second-order valence-electron chi connectivity index (χ2n) is 2.47. The third-order valence-electron chi connectivity index (χ3n) is 1.44. The third kappa shape index (κ3) is 2.88. The number of anilines is 1. The molecule has 0 spiro atoms. The summed E-state index contributed by atoms with van der Waals surface area (Å²) in [5.74, 6) is -0.527. The van der Waals surface area contributed by atoms with E-state index in [4.69, 9.17) is 11.6 Å². The van der Waals surface area contributed by atoms with E-state index in [0.717, 1.165) is 0 Å². The van der Waals surface area contributed by atoms with E-state index in [1.165, 1.54) is 18.2 Å². The molecule has 0 saturated heterocycles.